The van der Waals surface area contributed by atoms with Crippen LogP contribution in [0, 0.1) is 11.8 Å². The summed E-state index contributed by atoms with van der Waals surface area (Å²) >= 11 is 0. The first-order valence-corrected chi connectivity index (χ1v) is 6.47. The summed E-state index contributed by atoms with van der Waals surface area (Å²) in [5.41, 5.74) is 5.76. The van der Waals surface area contributed by atoms with Crippen LogP contribution in [-0.2, 0) is 4.79 Å². The summed E-state index contributed by atoms with van der Waals surface area (Å²) in [6.07, 6.45) is -1.57. The average Bonchev–Trinajstić information content (AvgIpc) is 2.40. The van der Waals surface area contributed by atoms with Crippen molar-refractivity contribution in [3.8, 4) is 0 Å². The molecule has 1 amide bonds. The number of nitrogen functional groups attached to an aromatic ring is 1. The summed E-state index contributed by atoms with van der Waals surface area (Å²) in [5.74, 6) is -2.90. The Morgan fingerprint density at radius 2 is 1.95 bits per heavy atom. The van der Waals surface area contributed by atoms with E-state index in [9.17, 15) is 18.0 Å². The summed E-state index contributed by atoms with van der Waals surface area (Å²) in [4.78, 5) is 15.8. The van der Waals surface area contributed by atoms with E-state index in [2.05, 4.69) is 10.3 Å². The summed E-state index contributed by atoms with van der Waals surface area (Å²) in [7, 11) is 0. The maximum Gasteiger partial charge on any atom is 0.392 e. The number of nitrogens with zero attached hydrogens (tertiary/aromatic N) is 1. The SMILES string of the molecule is Cl.Nc1ccc(NC(=O)C2CCCCC2C(F)(F)F)cn1. The number of halogens is 4. The van der Waals surface area contributed by atoms with Crippen LogP contribution in [0.25, 0.3) is 0 Å². The van der Waals surface area contributed by atoms with E-state index in [1.807, 2.05) is 0 Å². The van der Waals surface area contributed by atoms with Gasteiger partial charge >= 0.3 is 6.18 Å². The number of anilines is 2. The zero-order valence-electron chi connectivity index (χ0n) is 11.2. The zero-order chi connectivity index (χ0) is 14.8. The third-order valence-corrected chi connectivity index (χ3v) is 3.58. The highest BCUT2D eigenvalue weighted by Crippen LogP contribution is 2.41. The van der Waals surface area contributed by atoms with Gasteiger partial charge in [-0.3, -0.25) is 4.79 Å². The number of alkyl halides is 3. The van der Waals surface area contributed by atoms with Crippen LogP contribution in [0.3, 0.4) is 0 Å². The molecule has 118 valence electrons. The van der Waals surface area contributed by atoms with E-state index in [1.165, 1.54) is 18.3 Å². The van der Waals surface area contributed by atoms with Crippen molar-refractivity contribution in [2.75, 3.05) is 11.1 Å². The van der Waals surface area contributed by atoms with Crippen LogP contribution >= 0.6 is 12.4 Å². The number of rotatable bonds is 2. The van der Waals surface area contributed by atoms with Gasteiger partial charge in [-0.05, 0) is 25.0 Å². The summed E-state index contributed by atoms with van der Waals surface area (Å²) in [5, 5.41) is 2.48. The molecule has 3 N–H and O–H groups in total. The highest BCUT2D eigenvalue weighted by Gasteiger charge is 2.48. The molecule has 0 saturated heterocycles. The van der Waals surface area contributed by atoms with Crippen molar-refractivity contribution in [3.05, 3.63) is 18.3 Å². The molecular formula is C13H17ClF3N3O. The van der Waals surface area contributed by atoms with Crippen molar-refractivity contribution in [1.82, 2.24) is 4.98 Å². The Morgan fingerprint density at radius 3 is 2.52 bits per heavy atom. The quantitative estimate of drug-likeness (QED) is 0.876. The summed E-state index contributed by atoms with van der Waals surface area (Å²) in [6.45, 7) is 0. The van der Waals surface area contributed by atoms with Crippen LogP contribution in [0.2, 0.25) is 0 Å². The second-order valence-electron chi connectivity index (χ2n) is 5.00. The first-order valence-electron chi connectivity index (χ1n) is 6.47. The Labute approximate surface area is 126 Å². The minimum atomic E-state index is -4.33. The van der Waals surface area contributed by atoms with Crippen LogP contribution in [-0.4, -0.2) is 17.1 Å². The Bertz CT molecular complexity index is 479. The fourth-order valence-corrected chi connectivity index (χ4v) is 2.55. The van der Waals surface area contributed by atoms with Crippen LogP contribution in [0.15, 0.2) is 18.3 Å². The van der Waals surface area contributed by atoms with E-state index in [1.54, 1.807) is 0 Å². The fraction of sp³-hybridized carbons (Fsp3) is 0.538. The van der Waals surface area contributed by atoms with Crippen LogP contribution < -0.4 is 11.1 Å². The standard InChI is InChI=1S/C13H16F3N3O.ClH/c14-13(15,16)10-4-2-1-3-9(10)12(20)19-8-5-6-11(17)18-7-8;/h5-7,9-10H,1-4H2,(H2,17,18)(H,19,20);1H. The molecule has 2 atom stereocenters. The highest BCUT2D eigenvalue weighted by atomic mass is 35.5. The lowest BCUT2D eigenvalue weighted by molar-refractivity contribution is -0.197. The second-order valence-corrected chi connectivity index (χ2v) is 5.00. The van der Waals surface area contributed by atoms with Gasteiger partial charge in [-0.15, -0.1) is 12.4 Å². The number of amides is 1. The van der Waals surface area contributed by atoms with E-state index in [-0.39, 0.29) is 31.1 Å². The predicted molar refractivity (Wildman–Crippen MR) is 76.0 cm³/mol. The fourth-order valence-electron chi connectivity index (χ4n) is 2.55. The van der Waals surface area contributed by atoms with Crippen molar-refractivity contribution < 1.29 is 18.0 Å². The molecule has 2 rings (SSSR count). The van der Waals surface area contributed by atoms with Gasteiger partial charge < -0.3 is 11.1 Å². The molecule has 0 aromatic carbocycles. The van der Waals surface area contributed by atoms with Crippen LogP contribution in [0.5, 0.6) is 0 Å². The van der Waals surface area contributed by atoms with Crippen molar-refractivity contribution in [2.24, 2.45) is 11.8 Å². The van der Waals surface area contributed by atoms with Gasteiger partial charge in [-0.1, -0.05) is 12.8 Å². The Hall–Kier alpha value is -1.50. The molecular weight excluding hydrogens is 307 g/mol. The number of carbonyl (C=O) groups excluding carboxylic acids is 1. The number of aromatic nitrogens is 1. The number of nitrogens with two attached hydrogens (primary N) is 1. The minimum absolute atomic E-state index is 0. The van der Waals surface area contributed by atoms with Gasteiger partial charge in [0.15, 0.2) is 0 Å². The molecule has 1 aliphatic carbocycles. The molecule has 4 nitrogen and oxygen atoms in total. The lowest BCUT2D eigenvalue weighted by atomic mass is 9.78. The highest BCUT2D eigenvalue weighted by molar-refractivity contribution is 5.92. The van der Waals surface area contributed by atoms with Gasteiger partial charge in [-0.25, -0.2) is 4.98 Å². The van der Waals surface area contributed by atoms with E-state index in [0.717, 1.165) is 0 Å². The normalized spacial score (nSPS) is 22.2. The van der Waals surface area contributed by atoms with E-state index >= 15 is 0 Å². The zero-order valence-corrected chi connectivity index (χ0v) is 12.0. The number of nitrogens with one attached hydrogen (secondary N) is 1. The maximum atomic E-state index is 12.9. The van der Waals surface area contributed by atoms with Crippen molar-refractivity contribution in [3.63, 3.8) is 0 Å². The number of hydrogen-bond donors (Lipinski definition) is 2. The first-order chi connectivity index (χ1) is 9.38. The van der Waals surface area contributed by atoms with Gasteiger partial charge in [0.1, 0.15) is 5.82 Å². The molecule has 1 aromatic rings. The first kappa shape index (κ1) is 17.6. The molecule has 1 saturated carbocycles. The number of hydrogen-bond acceptors (Lipinski definition) is 3. The molecule has 8 heteroatoms. The van der Waals surface area contributed by atoms with Gasteiger partial charge in [-0.2, -0.15) is 13.2 Å². The molecule has 1 fully saturated rings. The lowest BCUT2D eigenvalue weighted by Crippen LogP contribution is -2.39. The molecule has 2 unspecified atom stereocenters. The average molecular weight is 324 g/mol. The van der Waals surface area contributed by atoms with Crippen LogP contribution in [0.4, 0.5) is 24.7 Å². The Kier molecular flexibility index (Phi) is 5.83. The minimum Gasteiger partial charge on any atom is -0.384 e. The predicted octanol–water partition coefficient (Wildman–Crippen LogP) is 3.39. The van der Waals surface area contributed by atoms with Crippen molar-refractivity contribution >= 4 is 29.8 Å². The molecule has 0 radical (unpaired) electrons. The molecule has 1 heterocycles. The van der Waals surface area contributed by atoms with Gasteiger partial charge in [0, 0.05) is 5.92 Å². The van der Waals surface area contributed by atoms with E-state index < -0.39 is 23.9 Å². The second kappa shape index (κ2) is 6.98. The topological polar surface area (TPSA) is 68.0 Å². The molecule has 0 spiro atoms. The number of carbonyl (C=O) groups is 1. The lowest BCUT2D eigenvalue weighted by Gasteiger charge is -2.31. The van der Waals surface area contributed by atoms with Gasteiger partial charge in [0.05, 0.1) is 17.8 Å². The third-order valence-electron chi connectivity index (χ3n) is 3.58. The van der Waals surface area contributed by atoms with Crippen LogP contribution in [0.1, 0.15) is 25.7 Å². The van der Waals surface area contributed by atoms with Crippen molar-refractivity contribution in [1.29, 1.82) is 0 Å². The summed E-state index contributed by atoms with van der Waals surface area (Å²) in [6, 6.07) is 3.00. The number of pyridine rings is 1. The van der Waals surface area contributed by atoms with E-state index in [4.69, 9.17) is 5.73 Å². The van der Waals surface area contributed by atoms with Gasteiger partial charge in [0.2, 0.25) is 5.91 Å². The van der Waals surface area contributed by atoms with Crippen molar-refractivity contribution in [2.45, 2.75) is 31.9 Å². The molecule has 21 heavy (non-hydrogen) atoms. The van der Waals surface area contributed by atoms with E-state index in [0.29, 0.717) is 18.5 Å². The molecule has 0 aliphatic heterocycles. The maximum absolute atomic E-state index is 12.9. The smallest absolute Gasteiger partial charge is 0.384 e. The van der Waals surface area contributed by atoms with Gasteiger partial charge in [0.25, 0.3) is 0 Å². The Morgan fingerprint density at radius 1 is 1.29 bits per heavy atom. The summed E-state index contributed by atoms with van der Waals surface area (Å²) < 4.78 is 38.8. The molecule has 0 bridgehead atoms. The molecule has 1 aliphatic rings. The third kappa shape index (κ3) is 4.49. The Balaban J connectivity index is 0.00000220. The molecule has 1 aromatic heterocycles. The monoisotopic (exact) mass is 323 g/mol. The largest absolute Gasteiger partial charge is 0.392 e.